The molecule has 1 amide bonds. The van der Waals surface area contributed by atoms with Crippen molar-refractivity contribution in [3.63, 3.8) is 0 Å². The van der Waals surface area contributed by atoms with Crippen LogP contribution in [0.25, 0.3) is 0 Å². The lowest BCUT2D eigenvalue weighted by molar-refractivity contribution is -0.119. The molecule has 0 aromatic heterocycles. The number of sulfonamides is 1. The highest BCUT2D eigenvalue weighted by atomic mass is 35.5. The number of ether oxygens (including phenoxy) is 2. The summed E-state index contributed by atoms with van der Waals surface area (Å²) in [5.41, 5.74) is -0.0701. The average Bonchev–Trinajstić information content (AvgIpc) is 2.67. The van der Waals surface area contributed by atoms with Gasteiger partial charge < -0.3 is 14.8 Å². The first-order valence-electron chi connectivity index (χ1n) is 8.09. The van der Waals surface area contributed by atoms with E-state index in [-0.39, 0.29) is 26.9 Å². The number of amides is 1. The molecule has 0 unspecified atom stereocenters. The minimum Gasteiger partial charge on any atom is -0.494 e. The molecule has 156 valence electrons. The van der Waals surface area contributed by atoms with Gasteiger partial charge in [-0.05, 0) is 36.4 Å². The topological polar surface area (TPSA) is 102 Å². The van der Waals surface area contributed by atoms with Crippen molar-refractivity contribution < 1.29 is 31.9 Å². The lowest BCUT2D eigenvalue weighted by atomic mass is 10.2. The fourth-order valence-corrected chi connectivity index (χ4v) is 3.26. The van der Waals surface area contributed by atoms with E-state index < -0.39 is 34.3 Å². The van der Waals surface area contributed by atoms with Crippen molar-refractivity contribution in [2.45, 2.75) is 4.90 Å². The van der Waals surface area contributed by atoms with Gasteiger partial charge in [0.1, 0.15) is 0 Å². The van der Waals surface area contributed by atoms with Gasteiger partial charge in [0, 0.05) is 14.1 Å². The summed E-state index contributed by atoms with van der Waals surface area (Å²) < 4.78 is 48.6. The molecule has 0 heterocycles. The number of anilines is 1. The SMILES string of the molecule is COc1ccc(C(=O)OCC(=O)Nc2cc(S(=O)(=O)N(C)C)ccc2Cl)cc1F. The molecule has 8 nitrogen and oxygen atoms in total. The highest BCUT2D eigenvalue weighted by Crippen LogP contribution is 2.26. The first kappa shape index (κ1) is 22.6. The summed E-state index contributed by atoms with van der Waals surface area (Å²) in [6.45, 7) is -0.687. The smallest absolute Gasteiger partial charge is 0.338 e. The quantitative estimate of drug-likeness (QED) is 0.658. The summed E-state index contributed by atoms with van der Waals surface area (Å²) in [5, 5.41) is 2.47. The highest BCUT2D eigenvalue weighted by molar-refractivity contribution is 7.89. The maximum Gasteiger partial charge on any atom is 0.338 e. The largest absolute Gasteiger partial charge is 0.494 e. The number of carbonyl (C=O) groups is 2. The number of methoxy groups -OCH3 is 1. The molecule has 0 aliphatic heterocycles. The van der Waals surface area contributed by atoms with E-state index in [1.807, 2.05) is 0 Å². The Morgan fingerprint density at radius 3 is 2.45 bits per heavy atom. The van der Waals surface area contributed by atoms with Gasteiger partial charge in [-0.15, -0.1) is 0 Å². The number of halogens is 2. The van der Waals surface area contributed by atoms with E-state index in [0.717, 1.165) is 10.4 Å². The number of rotatable bonds is 7. The van der Waals surface area contributed by atoms with Gasteiger partial charge in [-0.1, -0.05) is 11.6 Å². The first-order chi connectivity index (χ1) is 13.6. The van der Waals surface area contributed by atoms with E-state index >= 15 is 0 Å². The third-order valence-corrected chi connectivity index (χ3v) is 5.85. The maximum absolute atomic E-state index is 13.7. The maximum atomic E-state index is 13.7. The number of benzene rings is 2. The zero-order chi connectivity index (χ0) is 21.8. The molecule has 0 aliphatic carbocycles. The van der Waals surface area contributed by atoms with Crippen LogP contribution in [-0.4, -0.2) is 52.4 Å². The lowest BCUT2D eigenvalue weighted by Gasteiger charge is -2.14. The monoisotopic (exact) mass is 444 g/mol. The van der Waals surface area contributed by atoms with Crippen molar-refractivity contribution >= 4 is 39.2 Å². The fourth-order valence-electron chi connectivity index (χ4n) is 2.17. The molecule has 2 aromatic rings. The van der Waals surface area contributed by atoms with Crippen LogP contribution in [0.15, 0.2) is 41.3 Å². The summed E-state index contributed by atoms with van der Waals surface area (Å²) in [5.74, 6) is -2.47. The van der Waals surface area contributed by atoms with Crippen LogP contribution in [0, 0.1) is 5.82 Å². The Kier molecular flexibility index (Phi) is 7.17. The molecular formula is C18H18ClFN2O6S. The van der Waals surface area contributed by atoms with E-state index in [4.69, 9.17) is 21.1 Å². The third kappa shape index (κ3) is 5.43. The van der Waals surface area contributed by atoms with Crippen LogP contribution in [0.3, 0.4) is 0 Å². The Morgan fingerprint density at radius 2 is 1.86 bits per heavy atom. The van der Waals surface area contributed by atoms with Crippen LogP contribution >= 0.6 is 11.6 Å². The van der Waals surface area contributed by atoms with Crippen LogP contribution in [0.4, 0.5) is 10.1 Å². The zero-order valence-corrected chi connectivity index (χ0v) is 17.3. The molecule has 0 fully saturated rings. The van der Waals surface area contributed by atoms with E-state index in [9.17, 15) is 22.4 Å². The molecule has 0 bridgehead atoms. The summed E-state index contributed by atoms with van der Waals surface area (Å²) in [6.07, 6.45) is 0. The van der Waals surface area contributed by atoms with Gasteiger partial charge >= 0.3 is 5.97 Å². The standard InChI is InChI=1S/C18H18ClFN2O6S/c1-22(2)29(25,26)12-5-6-13(19)15(9-12)21-17(23)10-28-18(24)11-4-7-16(27-3)14(20)8-11/h4-9H,10H2,1-3H3,(H,21,23). The van der Waals surface area contributed by atoms with Gasteiger partial charge in [-0.3, -0.25) is 4.79 Å². The van der Waals surface area contributed by atoms with Gasteiger partial charge in [0.25, 0.3) is 5.91 Å². The van der Waals surface area contributed by atoms with Gasteiger partial charge in [0.05, 0.1) is 28.3 Å². The van der Waals surface area contributed by atoms with Crippen LogP contribution in [0.2, 0.25) is 5.02 Å². The molecule has 0 aliphatic rings. The number of nitrogens with one attached hydrogen (secondary N) is 1. The van der Waals surface area contributed by atoms with Crippen LogP contribution in [0.1, 0.15) is 10.4 Å². The van der Waals surface area contributed by atoms with E-state index in [1.54, 1.807) is 0 Å². The third-order valence-electron chi connectivity index (χ3n) is 3.71. The molecule has 0 saturated carbocycles. The minimum absolute atomic E-state index is 0.0335. The van der Waals surface area contributed by atoms with Crippen molar-refractivity contribution in [3.8, 4) is 5.75 Å². The molecular weight excluding hydrogens is 427 g/mol. The van der Waals surface area contributed by atoms with E-state index in [2.05, 4.69) is 5.32 Å². The van der Waals surface area contributed by atoms with Crippen molar-refractivity contribution in [1.29, 1.82) is 0 Å². The number of esters is 1. The van der Waals surface area contributed by atoms with Crippen LogP contribution in [0.5, 0.6) is 5.75 Å². The Labute approximate surface area is 172 Å². The Bertz CT molecular complexity index is 1040. The second-order valence-corrected chi connectivity index (χ2v) is 8.46. The molecule has 1 N–H and O–H groups in total. The second-order valence-electron chi connectivity index (χ2n) is 5.90. The van der Waals surface area contributed by atoms with Crippen molar-refractivity contribution in [1.82, 2.24) is 4.31 Å². The average molecular weight is 445 g/mol. The molecule has 2 aromatic carbocycles. The highest BCUT2D eigenvalue weighted by Gasteiger charge is 2.20. The number of hydrogen-bond donors (Lipinski definition) is 1. The molecule has 0 radical (unpaired) electrons. The van der Waals surface area contributed by atoms with Crippen LogP contribution in [-0.2, 0) is 19.6 Å². The summed E-state index contributed by atoms with van der Waals surface area (Å²) in [4.78, 5) is 23.9. The zero-order valence-electron chi connectivity index (χ0n) is 15.7. The number of hydrogen-bond acceptors (Lipinski definition) is 6. The van der Waals surface area contributed by atoms with Gasteiger partial charge in [-0.2, -0.15) is 0 Å². The van der Waals surface area contributed by atoms with Crippen LogP contribution < -0.4 is 10.1 Å². The Hall–Kier alpha value is -2.69. The summed E-state index contributed by atoms with van der Waals surface area (Å²) in [6, 6.07) is 7.27. The lowest BCUT2D eigenvalue weighted by Crippen LogP contribution is -2.23. The second kappa shape index (κ2) is 9.21. The molecule has 0 spiro atoms. The molecule has 11 heteroatoms. The Morgan fingerprint density at radius 1 is 1.17 bits per heavy atom. The van der Waals surface area contributed by atoms with Crippen molar-refractivity contribution in [2.24, 2.45) is 0 Å². The Balaban J connectivity index is 2.06. The van der Waals surface area contributed by atoms with Gasteiger partial charge in [0.15, 0.2) is 18.2 Å². The number of carbonyl (C=O) groups excluding carboxylic acids is 2. The van der Waals surface area contributed by atoms with E-state index in [0.29, 0.717) is 0 Å². The van der Waals surface area contributed by atoms with Crippen molar-refractivity contribution in [3.05, 3.63) is 52.8 Å². The van der Waals surface area contributed by atoms with Gasteiger partial charge in [-0.25, -0.2) is 21.9 Å². The minimum atomic E-state index is -3.73. The van der Waals surface area contributed by atoms with E-state index in [1.165, 1.54) is 51.5 Å². The molecule has 2 rings (SSSR count). The predicted molar refractivity (Wildman–Crippen MR) is 104 cm³/mol. The molecule has 0 atom stereocenters. The summed E-state index contributed by atoms with van der Waals surface area (Å²) >= 11 is 5.99. The number of nitrogens with zero attached hydrogens (tertiary/aromatic N) is 1. The normalized spacial score (nSPS) is 11.2. The fraction of sp³-hybridized carbons (Fsp3) is 0.222. The first-order valence-corrected chi connectivity index (χ1v) is 9.90. The predicted octanol–water partition coefficient (Wildman–Crippen LogP) is 2.53. The summed E-state index contributed by atoms with van der Waals surface area (Å²) in [7, 11) is 0.281. The van der Waals surface area contributed by atoms with Crippen molar-refractivity contribution in [2.75, 3.05) is 33.1 Å². The van der Waals surface area contributed by atoms with Gasteiger partial charge in [0.2, 0.25) is 10.0 Å². The molecule has 29 heavy (non-hydrogen) atoms. The molecule has 0 saturated heterocycles.